The van der Waals surface area contributed by atoms with Crippen LogP contribution in [0, 0.1) is 0 Å². The molecule has 1 heterocycles. The Morgan fingerprint density at radius 1 is 1.43 bits per heavy atom. The van der Waals surface area contributed by atoms with Crippen LogP contribution in [0.15, 0.2) is 18.2 Å². The van der Waals surface area contributed by atoms with Gasteiger partial charge in [-0.2, -0.15) is 0 Å². The highest BCUT2D eigenvalue weighted by Gasteiger charge is 2.25. The average molecular weight is 289 g/mol. The highest BCUT2D eigenvalue weighted by atomic mass is 16.2. The topological polar surface area (TPSA) is 58.4 Å². The van der Waals surface area contributed by atoms with Crippen molar-refractivity contribution in [3.8, 4) is 0 Å². The molecule has 1 unspecified atom stereocenters. The lowest BCUT2D eigenvalue weighted by molar-refractivity contribution is -0.126. The number of hydrogen-bond donors (Lipinski definition) is 2. The fraction of sp³-hybridized carbons (Fsp3) is 0.588. The molecular weight excluding hydrogens is 262 g/mol. The molecule has 0 aliphatic carbocycles. The summed E-state index contributed by atoms with van der Waals surface area (Å²) in [4.78, 5) is 14.4. The highest BCUT2D eigenvalue weighted by Crippen LogP contribution is 2.25. The van der Waals surface area contributed by atoms with Gasteiger partial charge in [0.05, 0.1) is 6.04 Å². The van der Waals surface area contributed by atoms with E-state index < -0.39 is 0 Å². The largest absolute Gasteiger partial charge is 0.398 e. The van der Waals surface area contributed by atoms with Gasteiger partial charge >= 0.3 is 0 Å². The monoisotopic (exact) mass is 289 g/mol. The number of nitrogens with one attached hydrogen (secondary N) is 1. The minimum atomic E-state index is -0.0822. The minimum absolute atomic E-state index is 0.0822. The van der Waals surface area contributed by atoms with Crippen LogP contribution < -0.4 is 11.1 Å². The molecule has 0 radical (unpaired) electrons. The van der Waals surface area contributed by atoms with Crippen LogP contribution in [0.4, 0.5) is 5.69 Å². The molecular formula is C17H27N3O. The Hall–Kier alpha value is -1.55. The number of amides is 1. The quantitative estimate of drug-likeness (QED) is 0.624. The van der Waals surface area contributed by atoms with Gasteiger partial charge in [-0.05, 0) is 37.0 Å². The lowest BCUT2D eigenvalue weighted by Crippen LogP contribution is -2.47. The number of hydrogen-bond acceptors (Lipinski definition) is 3. The zero-order valence-corrected chi connectivity index (χ0v) is 13.2. The molecule has 3 N–H and O–H groups in total. The van der Waals surface area contributed by atoms with E-state index in [1.807, 2.05) is 19.1 Å². The van der Waals surface area contributed by atoms with Gasteiger partial charge in [0.25, 0.3) is 0 Å². The third-order valence-electron chi connectivity index (χ3n) is 4.34. The summed E-state index contributed by atoms with van der Waals surface area (Å²) in [6.45, 7) is 6.65. The molecule has 2 rings (SSSR count). The molecule has 0 spiro atoms. The minimum Gasteiger partial charge on any atom is -0.398 e. The van der Waals surface area contributed by atoms with Gasteiger partial charge in [0.2, 0.25) is 5.91 Å². The van der Waals surface area contributed by atoms with Crippen LogP contribution in [0.5, 0.6) is 0 Å². The lowest BCUT2D eigenvalue weighted by Gasteiger charge is -2.33. The number of nitrogens with two attached hydrogens (primary N) is 1. The van der Waals surface area contributed by atoms with Gasteiger partial charge in [-0.25, -0.2) is 0 Å². The molecule has 4 nitrogen and oxygen atoms in total. The van der Waals surface area contributed by atoms with Crippen LogP contribution in [0.1, 0.15) is 44.2 Å². The third-order valence-corrected chi connectivity index (χ3v) is 4.34. The van der Waals surface area contributed by atoms with Crippen LogP contribution in [-0.4, -0.2) is 29.9 Å². The van der Waals surface area contributed by atoms with Crippen molar-refractivity contribution in [2.45, 2.75) is 52.1 Å². The second kappa shape index (κ2) is 7.46. The van der Waals surface area contributed by atoms with Crippen LogP contribution >= 0.6 is 0 Å². The first-order valence-corrected chi connectivity index (χ1v) is 8.01. The normalized spacial score (nSPS) is 16.3. The molecule has 0 bridgehead atoms. The Bertz CT molecular complexity index is 487. The summed E-state index contributed by atoms with van der Waals surface area (Å²) in [6, 6.07) is 5.98. The molecule has 0 saturated carbocycles. The van der Waals surface area contributed by atoms with E-state index >= 15 is 0 Å². The molecule has 1 amide bonds. The van der Waals surface area contributed by atoms with Crippen molar-refractivity contribution in [2.75, 3.05) is 18.8 Å². The van der Waals surface area contributed by atoms with Gasteiger partial charge in [-0.1, -0.05) is 31.9 Å². The van der Waals surface area contributed by atoms with Gasteiger partial charge < -0.3 is 11.1 Å². The van der Waals surface area contributed by atoms with E-state index in [9.17, 15) is 4.79 Å². The van der Waals surface area contributed by atoms with Crippen LogP contribution in [0.2, 0.25) is 0 Å². The number of nitrogens with zero attached hydrogens (tertiary/aromatic N) is 1. The fourth-order valence-electron chi connectivity index (χ4n) is 2.89. The maximum absolute atomic E-state index is 12.2. The Morgan fingerprint density at radius 3 is 3.00 bits per heavy atom. The zero-order chi connectivity index (χ0) is 15.2. The van der Waals surface area contributed by atoms with Gasteiger partial charge in [0.15, 0.2) is 0 Å². The first-order chi connectivity index (χ1) is 10.1. The fourth-order valence-corrected chi connectivity index (χ4v) is 2.89. The maximum Gasteiger partial charge on any atom is 0.237 e. The molecule has 116 valence electrons. The van der Waals surface area contributed by atoms with Gasteiger partial charge in [-0.15, -0.1) is 0 Å². The first-order valence-electron chi connectivity index (χ1n) is 8.01. The first kappa shape index (κ1) is 15.8. The van der Waals surface area contributed by atoms with E-state index in [-0.39, 0.29) is 11.9 Å². The van der Waals surface area contributed by atoms with Crippen molar-refractivity contribution in [3.05, 3.63) is 29.3 Å². The molecule has 0 aromatic heterocycles. The number of rotatable bonds is 6. The summed E-state index contributed by atoms with van der Waals surface area (Å²) in [7, 11) is 0. The van der Waals surface area contributed by atoms with E-state index in [2.05, 4.69) is 23.2 Å². The number of anilines is 1. The number of nitrogen functional groups attached to an aromatic ring is 1. The van der Waals surface area contributed by atoms with E-state index in [0.717, 1.165) is 38.2 Å². The van der Waals surface area contributed by atoms with E-state index in [1.54, 1.807) is 0 Å². The predicted molar refractivity (Wildman–Crippen MR) is 87.0 cm³/mol. The van der Waals surface area contributed by atoms with Gasteiger partial charge in [0, 0.05) is 25.3 Å². The van der Waals surface area contributed by atoms with Crippen LogP contribution in [0.25, 0.3) is 0 Å². The Balaban J connectivity index is 1.89. The summed E-state index contributed by atoms with van der Waals surface area (Å²) < 4.78 is 0. The molecule has 1 aliphatic heterocycles. The molecule has 0 fully saturated rings. The van der Waals surface area contributed by atoms with Crippen molar-refractivity contribution in [2.24, 2.45) is 0 Å². The number of carbonyl (C=O) groups excluding carboxylic acids is 1. The Labute approximate surface area is 127 Å². The highest BCUT2D eigenvalue weighted by molar-refractivity contribution is 5.81. The Kier molecular flexibility index (Phi) is 5.62. The standard InChI is InChI=1S/C17H27N3O/c1-3-4-5-10-19-17(21)13(2)20-11-9-15-14(12-20)7-6-8-16(15)18/h6-8,13H,3-5,9-12,18H2,1-2H3,(H,19,21). The number of benzene rings is 1. The second-order valence-electron chi connectivity index (χ2n) is 5.88. The van der Waals surface area contributed by atoms with E-state index in [4.69, 9.17) is 5.73 Å². The molecule has 4 heteroatoms. The second-order valence-corrected chi connectivity index (χ2v) is 5.88. The number of unbranched alkanes of at least 4 members (excludes halogenated alkanes) is 2. The van der Waals surface area contributed by atoms with Gasteiger partial charge in [-0.3, -0.25) is 9.69 Å². The van der Waals surface area contributed by atoms with Crippen molar-refractivity contribution < 1.29 is 4.79 Å². The molecule has 1 atom stereocenters. The molecule has 21 heavy (non-hydrogen) atoms. The van der Waals surface area contributed by atoms with E-state index in [0.29, 0.717) is 0 Å². The smallest absolute Gasteiger partial charge is 0.237 e. The van der Waals surface area contributed by atoms with Crippen molar-refractivity contribution in [1.82, 2.24) is 10.2 Å². The van der Waals surface area contributed by atoms with Crippen molar-refractivity contribution in [1.29, 1.82) is 0 Å². The summed E-state index contributed by atoms with van der Waals surface area (Å²) in [5, 5.41) is 3.04. The van der Waals surface area contributed by atoms with Gasteiger partial charge in [0.1, 0.15) is 0 Å². The summed E-state index contributed by atoms with van der Waals surface area (Å²) in [5.41, 5.74) is 9.41. The molecule has 1 aromatic rings. The summed E-state index contributed by atoms with van der Waals surface area (Å²) in [6.07, 6.45) is 4.34. The number of fused-ring (bicyclic) bond motifs is 1. The van der Waals surface area contributed by atoms with Crippen LogP contribution in [0.3, 0.4) is 0 Å². The average Bonchev–Trinajstić information content (AvgIpc) is 2.50. The predicted octanol–water partition coefficient (Wildman–Crippen LogP) is 2.32. The summed E-state index contributed by atoms with van der Waals surface area (Å²) in [5.74, 6) is 0.137. The van der Waals surface area contributed by atoms with Crippen molar-refractivity contribution in [3.63, 3.8) is 0 Å². The maximum atomic E-state index is 12.2. The Morgan fingerprint density at radius 2 is 2.24 bits per heavy atom. The molecule has 0 saturated heterocycles. The zero-order valence-electron chi connectivity index (χ0n) is 13.2. The SMILES string of the molecule is CCCCCNC(=O)C(C)N1CCc2c(N)cccc2C1. The molecule has 1 aromatic carbocycles. The third kappa shape index (κ3) is 3.97. The van der Waals surface area contributed by atoms with Crippen LogP contribution in [-0.2, 0) is 17.8 Å². The lowest BCUT2D eigenvalue weighted by atomic mass is 9.97. The number of carbonyl (C=O) groups is 1. The molecule has 1 aliphatic rings. The van der Waals surface area contributed by atoms with E-state index in [1.165, 1.54) is 24.0 Å². The summed E-state index contributed by atoms with van der Waals surface area (Å²) >= 11 is 0. The van der Waals surface area contributed by atoms with Crippen molar-refractivity contribution >= 4 is 11.6 Å².